The summed E-state index contributed by atoms with van der Waals surface area (Å²) in [6.07, 6.45) is 4.45. The van der Waals surface area contributed by atoms with Gasteiger partial charge in [-0.2, -0.15) is 0 Å². The quantitative estimate of drug-likeness (QED) is 0.615. The van der Waals surface area contributed by atoms with Crippen molar-refractivity contribution in [2.24, 2.45) is 11.3 Å². The maximum absolute atomic E-state index is 13.5. The van der Waals surface area contributed by atoms with Crippen LogP contribution in [-0.4, -0.2) is 71.0 Å². The topological polar surface area (TPSA) is 90.0 Å². The fraction of sp³-hybridized carbons (Fsp3) is 0.783. The molecule has 1 saturated heterocycles. The van der Waals surface area contributed by atoms with Gasteiger partial charge in [-0.05, 0) is 51.5 Å². The Bertz CT molecular complexity index is 666. The Kier molecular flexibility index (Phi) is 9.08. The van der Waals surface area contributed by atoms with Crippen LogP contribution in [0.2, 0.25) is 0 Å². The maximum atomic E-state index is 13.5. The van der Waals surface area contributed by atoms with Crippen molar-refractivity contribution < 1.29 is 19.5 Å². The molecule has 1 aliphatic heterocycles. The summed E-state index contributed by atoms with van der Waals surface area (Å²) in [4.78, 5) is 41.5. The summed E-state index contributed by atoms with van der Waals surface area (Å²) in [5, 5.41) is 12.3. The van der Waals surface area contributed by atoms with Gasteiger partial charge in [-0.1, -0.05) is 40.7 Å². The summed E-state index contributed by atoms with van der Waals surface area (Å²) < 4.78 is 0. The monoisotopic (exact) mass is 423 g/mol. The van der Waals surface area contributed by atoms with Gasteiger partial charge >= 0.3 is 5.97 Å². The highest BCUT2D eigenvalue weighted by Gasteiger charge is 2.39. The number of hydrogen-bond acceptors (Lipinski definition) is 4. The predicted molar refractivity (Wildman–Crippen MR) is 119 cm³/mol. The lowest BCUT2D eigenvalue weighted by molar-refractivity contribution is -0.142. The van der Waals surface area contributed by atoms with Gasteiger partial charge in [-0.3, -0.25) is 14.5 Å². The first kappa shape index (κ1) is 26.1. The van der Waals surface area contributed by atoms with Crippen molar-refractivity contribution >= 4 is 17.8 Å². The van der Waals surface area contributed by atoms with Gasteiger partial charge in [0.1, 0.15) is 6.04 Å². The molecule has 1 heterocycles. The Morgan fingerprint density at radius 2 is 1.77 bits per heavy atom. The molecule has 0 aliphatic carbocycles. The first-order valence-electron chi connectivity index (χ1n) is 10.9. The van der Waals surface area contributed by atoms with Crippen LogP contribution in [0.25, 0.3) is 0 Å². The van der Waals surface area contributed by atoms with Crippen molar-refractivity contribution in [1.29, 1.82) is 0 Å². The molecule has 172 valence electrons. The van der Waals surface area contributed by atoms with E-state index in [-0.39, 0.29) is 35.4 Å². The Morgan fingerprint density at radius 3 is 2.23 bits per heavy atom. The first-order chi connectivity index (χ1) is 13.7. The molecule has 0 aromatic rings. The minimum absolute atomic E-state index is 0.0231. The Hall–Kier alpha value is -1.89. The van der Waals surface area contributed by atoms with Crippen LogP contribution in [0.3, 0.4) is 0 Å². The van der Waals surface area contributed by atoms with Gasteiger partial charge < -0.3 is 15.3 Å². The number of likely N-dealkylation sites (tertiary alicyclic amines) is 1. The van der Waals surface area contributed by atoms with Gasteiger partial charge in [0.2, 0.25) is 11.8 Å². The smallest absolute Gasteiger partial charge is 0.331 e. The van der Waals surface area contributed by atoms with E-state index in [4.69, 9.17) is 0 Å². The maximum Gasteiger partial charge on any atom is 0.331 e. The van der Waals surface area contributed by atoms with Gasteiger partial charge in [0, 0.05) is 18.7 Å². The number of carboxylic acid groups (broad SMARTS) is 1. The highest BCUT2D eigenvalue weighted by Crippen LogP contribution is 2.26. The van der Waals surface area contributed by atoms with Crippen molar-refractivity contribution in [2.45, 2.75) is 91.9 Å². The van der Waals surface area contributed by atoms with Gasteiger partial charge in [-0.15, -0.1) is 0 Å². The van der Waals surface area contributed by atoms with Gasteiger partial charge in [0.15, 0.2) is 0 Å². The average Bonchev–Trinajstić information content (AvgIpc) is 2.63. The highest BCUT2D eigenvalue weighted by molar-refractivity contribution is 5.91. The number of carbonyl (C=O) groups is 3. The molecule has 1 fully saturated rings. The van der Waals surface area contributed by atoms with Crippen molar-refractivity contribution in [3.8, 4) is 0 Å². The largest absolute Gasteiger partial charge is 0.478 e. The Morgan fingerprint density at radius 1 is 1.20 bits per heavy atom. The summed E-state index contributed by atoms with van der Waals surface area (Å²) in [6.45, 7) is 13.3. The van der Waals surface area contributed by atoms with E-state index in [9.17, 15) is 19.5 Å². The van der Waals surface area contributed by atoms with E-state index in [1.165, 1.54) is 6.92 Å². The predicted octanol–water partition coefficient (Wildman–Crippen LogP) is 2.90. The number of amides is 2. The summed E-state index contributed by atoms with van der Waals surface area (Å²) in [7, 11) is 3.64. The van der Waals surface area contributed by atoms with Crippen LogP contribution >= 0.6 is 0 Å². The van der Waals surface area contributed by atoms with E-state index in [1.807, 2.05) is 41.7 Å². The molecule has 4 unspecified atom stereocenters. The van der Waals surface area contributed by atoms with E-state index in [1.54, 1.807) is 18.0 Å². The standard InChI is InChI=1S/C23H41N3O4/c1-14(2)18(13-15(3)22(29)30)26(9)21(28)19(23(5,6)7)24-20(27)17-12-10-11-16(4)25(17)8/h13-14,16-19H,10-12H2,1-9H3,(H,24,27)(H,29,30)/b15-13+. The molecule has 0 bridgehead atoms. The molecule has 7 nitrogen and oxygen atoms in total. The number of nitrogens with one attached hydrogen (secondary N) is 1. The summed E-state index contributed by atoms with van der Waals surface area (Å²) in [5.74, 6) is -1.31. The molecular weight excluding hydrogens is 382 g/mol. The van der Waals surface area contributed by atoms with Crippen LogP contribution in [0, 0.1) is 11.3 Å². The van der Waals surface area contributed by atoms with E-state index >= 15 is 0 Å². The molecule has 0 spiro atoms. The average molecular weight is 424 g/mol. The van der Waals surface area contributed by atoms with Gasteiger partial charge in [0.25, 0.3) is 0 Å². The zero-order chi connectivity index (χ0) is 23.4. The third-order valence-electron chi connectivity index (χ3n) is 6.22. The van der Waals surface area contributed by atoms with Gasteiger partial charge in [0.05, 0.1) is 12.1 Å². The number of hydrogen-bond donors (Lipinski definition) is 2. The number of likely N-dealkylation sites (N-methyl/N-ethyl adjacent to an activating group) is 2. The fourth-order valence-electron chi connectivity index (χ4n) is 3.95. The second-order valence-electron chi connectivity index (χ2n) is 10.1. The number of piperidine rings is 1. The molecule has 7 heteroatoms. The van der Waals surface area contributed by atoms with Crippen LogP contribution < -0.4 is 5.32 Å². The lowest BCUT2D eigenvalue weighted by Gasteiger charge is -2.40. The molecule has 1 rings (SSSR count). The number of nitrogens with zero attached hydrogens (tertiary/aromatic N) is 2. The lowest BCUT2D eigenvalue weighted by atomic mass is 9.84. The van der Waals surface area contributed by atoms with Crippen LogP contribution in [0.5, 0.6) is 0 Å². The molecular formula is C23H41N3O4. The van der Waals surface area contributed by atoms with E-state index in [2.05, 4.69) is 17.1 Å². The minimum Gasteiger partial charge on any atom is -0.478 e. The second kappa shape index (κ2) is 10.4. The summed E-state index contributed by atoms with van der Waals surface area (Å²) in [5.41, 5.74) is -0.296. The molecule has 4 atom stereocenters. The number of carbonyl (C=O) groups excluding carboxylic acids is 2. The van der Waals surface area contributed by atoms with E-state index in [0.29, 0.717) is 6.04 Å². The third-order valence-corrected chi connectivity index (χ3v) is 6.22. The first-order valence-corrected chi connectivity index (χ1v) is 10.9. The number of carboxylic acids is 1. The number of aliphatic carboxylic acids is 1. The van der Waals surface area contributed by atoms with Crippen molar-refractivity contribution in [3.05, 3.63) is 11.6 Å². The van der Waals surface area contributed by atoms with E-state index in [0.717, 1.165) is 19.3 Å². The SMILES string of the molecule is C/C(=C\C(C(C)C)N(C)C(=O)C(NC(=O)C1CCCC(C)N1C)C(C)(C)C)C(=O)O. The second-order valence-corrected chi connectivity index (χ2v) is 10.1. The lowest BCUT2D eigenvalue weighted by Crippen LogP contribution is -2.60. The summed E-state index contributed by atoms with van der Waals surface area (Å²) in [6, 6.07) is -1.00. The normalized spacial score (nSPS) is 23.1. The van der Waals surface area contributed by atoms with Crippen molar-refractivity contribution in [2.75, 3.05) is 14.1 Å². The molecule has 2 N–H and O–H groups in total. The van der Waals surface area contributed by atoms with E-state index < -0.39 is 17.4 Å². The molecule has 0 saturated carbocycles. The zero-order valence-corrected chi connectivity index (χ0v) is 20.2. The van der Waals surface area contributed by atoms with Crippen LogP contribution in [0.15, 0.2) is 11.6 Å². The van der Waals surface area contributed by atoms with Gasteiger partial charge in [-0.25, -0.2) is 4.79 Å². The molecule has 0 aromatic heterocycles. The molecule has 0 aromatic carbocycles. The third kappa shape index (κ3) is 6.56. The van der Waals surface area contributed by atoms with Crippen LogP contribution in [0.4, 0.5) is 0 Å². The number of rotatable bonds is 7. The summed E-state index contributed by atoms with van der Waals surface area (Å²) >= 11 is 0. The van der Waals surface area contributed by atoms with Crippen LogP contribution in [-0.2, 0) is 14.4 Å². The fourth-order valence-corrected chi connectivity index (χ4v) is 3.95. The molecule has 2 amide bonds. The van der Waals surface area contributed by atoms with Crippen molar-refractivity contribution in [1.82, 2.24) is 15.1 Å². The highest BCUT2D eigenvalue weighted by atomic mass is 16.4. The molecule has 30 heavy (non-hydrogen) atoms. The van der Waals surface area contributed by atoms with Crippen LogP contribution in [0.1, 0.15) is 67.7 Å². The molecule has 0 radical (unpaired) electrons. The minimum atomic E-state index is -1.00. The van der Waals surface area contributed by atoms with Crippen molar-refractivity contribution in [3.63, 3.8) is 0 Å². The zero-order valence-electron chi connectivity index (χ0n) is 20.2. The molecule has 1 aliphatic rings. The Balaban J connectivity index is 3.12. The Labute approximate surface area is 181 Å².